The van der Waals surface area contributed by atoms with E-state index in [-0.39, 0.29) is 23.8 Å². The Morgan fingerprint density at radius 1 is 0.946 bits per heavy atom. The summed E-state index contributed by atoms with van der Waals surface area (Å²) in [6, 6.07) is 25.1. The average Bonchev–Trinajstić information content (AvgIpc) is 3.28. The van der Waals surface area contributed by atoms with Crippen LogP contribution >= 0.6 is 0 Å². The van der Waals surface area contributed by atoms with Gasteiger partial charge in [0.15, 0.2) is 0 Å². The minimum Gasteiger partial charge on any atom is -0.384 e. The van der Waals surface area contributed by atoms with E-state index in [1.165, 1.54) is 11.1 Å². The minimum atomic E-state index is -0.0765. The van der Waals surface area contributed by atoms with Crippen molar-refractivity contribution in [3.05, 3.63) is 95.2 Å². The number of hydrogen-bond donors (Lipinski definition) is 4. The third-order valence-electron chi connectivity index (χ3n) is 7.52. The zero-order valence-electron chi connectivity index (χ0n) is 21.3. The standard InChI is InChI=1S/C31H35N5O/c1-2-20-6-8-22(9-7-20)23-5-3-4-21(16-23)19-36-28-18-25(30(33)34)11-10-24(28)17-29(36)31(37)35-27-14-12-26(32)13-15-27/h3-11,16-18,26-27H,2,12-15,19,32H2,1H3,(H3,33,34)(H,35,37). The van der Waals surface area contributed by atoms with Gasteiger partial charge in [-0.15, -0.1) is 0 Å². The molecule has 0 atom stereocenters. The van der Waals surface area contributed by atoms with Crippen LogP contribution in [0.15, 0.2) is 72.8 Å². The molecule has 0 aliphatic heterocycles. The van der Waals surface area contributed by atoms with Crippen molar-refractivity contribution in [2.24, 2.45) is 11.5 Å². The Labute approximate surface area is 218 Å². The zero-order chi connectivity index (χ0) is 25.9. The molecule has 0 spiro atoms. The number of amides is 1. The van der Waals surface area contributed by atoms with E-state index in [0.717, 1.165) is 54.1 Å². The molecule has 37 heavy (non-hydrogen) atoms. The fourth-order valence-corrected chi connectivity index (χ4v) is 5.27. The number of benzene rings is 3. The third-order valence-corrected chi connectivity index (χ3v) is 7.52. The summed E-state index contributed by atoms with van der Waals surface area (Å²) < 4.78 is 2.05. The number of nitrogen functional groups attached to an aromatic ring is 1. The van der Waals surface area contributed by atoms with Gasteiger partial charge in [-0.2, -0.15) is 0 Å². The van der Waals surface area contributed by atoms with E-state index in [2.05, 4.69) is 60.8 Å². The third kappa shape index (κ3) is 5.44. The Balaban J connectivity index is 1.50. The number of carbonyl (C=O) groups is 1. The van der Waals surface area contributed by atoms with E-state index >= 15 is 0 Å². The van der Waals surface area contributed by atoms with Gasteiger partial charge in [-0.1, -0.05) is 61.5 Å². The molecule has 1 heterocycles. The molecule has 6 nitrogen and oxygen atoms in total. The first-order valence-electron chi connectivity index (χ1n) is 13.1. The van der Waals surface area contributed by atoms with E-state index < -0.39 is 0 Å². The second-order valence-corrected chi connectivity index (χ2v) is 10.1. The monoisotopic (exact) mass is 493 g/mol. The van der Waals surface area contributed by atoms with Crippen molar-refractivity contribution in [2.45, 2.75) is 57.7 Å². The van der Waals surface area contributed by atoms with Crippen LogP contribution in [0.4, 0.5) is 0 Å². The summed E-state index contributed by atoms with van der Waals surface area (Å²) in [4.78, 5) is 13.5. The molecule has 4 aromatic rings. The lowest BCUT2D eigenvalue weighted by Gasteiger charge is -2.27. The Bertz CT molecular complexity index is 1430. The van der Waals surface area contributed by atoms with Gasteiger partial charge >= 0.3 is 0 Å². The SMILES string of the molecule is CCc1ccc(-c2cccc(Cn3c(C(=O)NC4CCC(N)CC4)cc4ccc(C(=N)N)cc43)c2)cc1. The average molecular weight is 494 g/mol. The second-order valence-electron chi connectivity index (χ2n) is 10.1. The maximum atomic E-state index is 13.5. The first-order chi connectivity index (χ1) is 17.9. The van der Waals surface area contributed by atoms with Crippen molar-refractivity contribution in [3.8, 4) is 11.1 Å². The first kappa shape index (κ1) is 24.8. The fraction of sp³-hybridized carbons (Fsp3) is 0.290. The summed E-state index contributed by atoms with van der Waals surface area (Å²) in [5, 5.41) is 12.1. The molecule has 1 aromatic heterocycles. The number of carbonyl (C=O) groups excluding carboxylic acids is 1. The molecular formula is C31H35N5O. The number of amidine groups is 1. The largest absolute Gasteiger partial charge is 0.384 e. The van der Waals surface area contributed by atoms with E-state index in [0.29, 0.717) is 17.8 Å². The highest BCUT2D eigenvalue weighted by Gasteiger charge is 2.23. The molecular weight excluding hydrogens is 458 g/mol. The van der Waals surface area contributed by atoms with Crippen LogP contribution in [0.1, 0.15) is 59.8 Å². The minimum absolute atomic E-state index is 0.0109. The fourth-order valence-electron chi connectivity index (χ4n) is 5.27. The van der Waals surface area contributed by atoms with E-state index in [1.807, 2.05) is 28.8 Å². The molecule has 6 N–H and O–H groups in total. The summed E-state index contributed by atoms with van der Waals surface area (Å²) in [6.45, 7) is 2.69. The van der Waals surface area contributed by atoms with Crippen LogP contribution in [0, 0.1) is 5.41 Å². The summed E-state index contributed by atoms with van der Waals surface area (Å²) in [5.74, 6) is -0.0657. The molecule has 6 heteroatoms. The second kappa shape index (κ2) is 10.6. The van der Waals surface area contributed by atoms with Crippen LogP contribution in [0.2, 0.25) is 0 Å². The van der Waals surface area contributed by atoms with Crippen LogP contribution < -0.4 is 16.8 Å². The number of aryl methyl sites for hydroxylation is 1. The lowest BCUT2D eigenvalue weighted by Crippen LogP contribution is -2.41. The molecule has 0 unspecified atom stereocenters. The summed E-state index contributed by atoms with van der Waals surface area (Å²) >= 11 is 0. The molecule has 1 saturated carbocycles. The lowest BCUT2D eigenvalue weighted by atomic mass is 9.92. The Kier molecular flexibility index (Phi) is 7.10. The normalized spacial score (nSPS) is 17.6. The highest BCUT2D eigenvalue weighted by Crippen LogP contribution is 2.26. The van der Waals surface area contributed by atoms with Crippen LogP contribution in [-0.2, 0) is 13.0 Å². The molecule has 0 bridgehead atoms. The number of nitrogens with zero attached hydrogens (tertiary/aromatic N) is 1. The van der Waals surface area contributed by atoms with Crippen molar-refractivity contribution in [3.63, 3.8) is 0 Å². The van der Waals surface area contributed by atoms with Crippen LogP contribution in [0.3, 0.4) is 0 Å². The van der Waals surface area contributed by atoms with Gasteiger partial charge in [0.2, 0.25) is 0 Å². The highest BCUT2D eigenvalue weighted by molar-refractivity contribution is 6.02. The number of fused-ring (bicyclic) bond motifs is 1. The van der Waals surface area contributed by atoms with Gasteiger partial charge in [0.1, 0.15) is 11.5 Å². The maximum Gasteiger partial charge on any atom is 0.268 e. The predicted octanol–water partition coefficient (Wildman–Crippen LogP) is 5.20. The molecule has 0 radical (unpaired) electrons. The van der Waals surface area contributed by atoms with Gasteiger partial charge in [0, 0.05) is 35.1 Å². The number of aromatic nitrogens is 1. The van der Waals surface area contributed by atoms with E-state index in [1.54, 1.807) is 0 Å². The maximum absolute atomic E-state index is 13.5. The topological polar surface area (TPSA) is 110 Å². The molecule has 5 rings (SSSR count). The summed E-state index contributed by atoms with van der Waals surface area (Å²) in [6.07, 6.45) is 4.69. The predicted molar refractivity (Wildman–Crippen MR) is 151 cm³/mol. The summed E-state index contributed by atoms with van der Waals surface area (Å²) in [7, 11) is 0. The molecule has 1 amide bonds. The first-order valence-corrected chi connectivity index (χ1v) is 13.1. The van der Waals surface area contributed by atoms with Gasteiger partial charge in [0.05, 0.1) is 0 Å². The van der Waals surface area contributed by atoms with Gasteiger partial charge in [-0.05, 0) is 72.6 Å². The molecule has 0 saturated heterocycles. The van der Waals surface area contributed by atoms with Crippen molar-refractivity contribution < 1.29 is 4.79 Å². The zero-order valence-corrected chi connectivity index (χ0v) is 21.3. The summed E-state index contributed by atoms with van der Waals surface area (Å²) in [5.41, 5.74) is 18.7. The quantitative estimate of drug-likeness (QED) is 0.210. The smallest absolute Gasteiger partial charge is 0.268 e. The van der Waals surface area contributed by atoms with Crippen molar-refractivity contribution >= 4 is 22.6 Å². The van der Waals surface area contributed by atoms with Crippen LogP contribution in [-0.4, -0.2) is 28.4 Å². The highest BCUT2D eigenvalue weighted by atomic mass is 16.2. The van der Waals surface area contributed by atoms with Crippen molar-refractivity contribution in [1.82, 2.24) is 9.88 Å². The van der Waals surface area contributed by atoms with E-state index in [4.69, 9.17) is 16.9 Å². The van der Waals surface area contributed by atoms with E-state index in [9.17, 15) is 4.79 Å². The van der Waals surface area contributed by atoms with Crippen LogP contribution in [0.25, 0.3) is 22.0 Å². The molecule has 3 aromatic carbocycles. The number of nitrogens with one attached hydrogen (secondary N) is 2. The Morgan fingerprint density at radius 2 is 1.70 bits per heavy atom. The van der Waals surface area contributed by atoms with Crippen LogP contribution in [0.5, 0.6) is 0 Å². The van der Waals surface area contributed by atoms with Crippen molar-refractivity contribution in [1.29, 1.82) is 5.41 Å². The van der Waals surface area contributed by atoms with Gasteiger partial charge < -0.3 is 21.4 Å². The van der Waals surface area contributed by atoms with Gasteiger partial charge in [-0.25, -0.2) is 0 Å². The Hall–Kier alpha value is -3.90. The number of rotatable bonds is 7. The molecule has 190 valence electrons. The van der Waals surface area contributed by atoms with Gasteiger partial charge in [-0.3, -0.25) is 10.2 Å². The number of hydrogen-bond acceptors (Lipinski definition) is 3. The van der Waals surface area contributed by atoms with Crippen molar-refractivity contribution in [2.75, 3.05) is 0 Å². The Morgan fingerprint density at radius 3 is 2.41 bits per heavy atom. The molecule has 1 fully saturated rings. The lowest BCUT2D eigenvalue weighted by molar-refractivity contribution is 0.0917. The van der Waals surface area contributed by atoms with Gasteiger partial charge in [0.25, 0.3) is 5.91 Å². The molecule has 1 aliphatic rings. The number of nitrogens with two attached hydrogens (primary N) is 2. The molecule has 1 aliphatic carbocycles.